The van der Waals surface area contributed by atoms with Gasteiger partial charge in [0.1, 0.15) is 12.4 Å². The van der Waals surface area contributed by atoms with Crippen molar-refractivity contribution in [2.75, 3.05) is 0 Å². The Kier molecular flexibility index (Phi) is 2.80. The van der Waals surface area contributed by atoms with Gasteiger partial charge in [0.15, 0.2) is 0 Å². The number of halogens is 1. The zero-order chi connectivity index (χ0) is 8.97. The normalized spacial score (nSPS) is 9.50. The zero-order valence-electron chi connectivity index (χ0n) is 6.71. The monoisotopic (exact) mass is 168 g/mol. The molecule has 0 aliphatic rings. The Labute approximate surface area is 70.0 Å². The van der Waals surface area contributed by atoms with E-state index in [1.54, 1.807) is 19.1 Å². The molecular weight excluding hydrogens is 159 g/mol. The molecule has 1 rings (SSSR count). The van der Waals surface area contributed by atoms with Crippen molar-refractivity contribution in [3.8, 4) is 0 Å². The van der Waals surface area contributed by atoms with Gasteiger partial charge in [-0.1, -0.05) is 12.1 Å². The Balaban J connectivity index is 2.88. The second-order valence-electron chi connectivity index (χ2n) is 2.44. The molecule has 0 N–H and O–H groups in total. The van der Waals surface area contributed by atoms with Crippen LogP contribution < -0.4 is 0 Å². The molecule has 0 atom stereocenters. The molecule has 0 aromatic heterocycles. The summed E-state index contributed by atoms with van der Waals surface area (Å²) >= 11 is 0. The SMILES string of the molecule is Cc1cccc(F)c1COC=O. The van der Waals surface area contributed by atoms with Crippen LogP contribution in [0.3, 0.4) is 0 Å². The number of aryl methyl sites for hydroxylation is 1. The largest absolute Gasteiger partial charge is 0.463 e. The molecule has 2 nitrogen and oxygen atoms in total. The van der Waals surface area contributed by atoms with E-state index in [2.05, 4.69) is 4.74 Å². The first-order valence-corrected chi connectivity index (χ1v) is 3.55. The van der Waals surface area contributed by atoms with E-state index in [-0.39, 0.29) is 12.4 Å². The maximum Gasteiger partial charge on any atom is 0.293 e. The maximum atomic E-state index is 13.0. The molecule has 0 radical (unpaired) electrons. The van der Waals surface area contributed by atoms with Crippen LogP contribution in [0.1, 0.15) is 11.1 Å². The number of ether oxygens (including phenoxy) is 1. The number of carbonyl (C=O) groups excluding carboxylic acids is 1. The van der Waals surface area contributed by atoms with Gasteiger partial charge in [-0.05, 0) is 18.6 Å². The van der Waals surface area contributed by atoms with Crippen LogP contribution in [0.4, 0.5) is 4.39 Å². The summed E-state index contributed by atoms with van der Waals surface area (Å²) in [5.74, 6) is -0.336. The van der Waals surface area contributed by atoms with Gasteiger partial charge in [-0.3, -0.25) is 4.79 Å². The van der Waals surface area contributed by atoms with E-state index in [0.717, 1.165) is 5.56 Å². The smallest absolute Gasteiger partial charge is 0.293 e. The second-order valence-corrected chi connectivity index (χ2v) is 2.44. The molecule has 3 heteroatoms. The summed E-state index contributed by atoms with van der Waals surface area (Å²) in [5, 5.41) is 0. The molecule has 1 aromatic rings. The minimum atomic E-state index is -0.336. The third-order valence-electron chi connectivity index (χ3n) is 1.65. The average molecular weight is 168 g/mol. The summed E-state index contributed by atoms with van der Waals surface area (Å²) in [5.41, 5.74) is 1.22. The van der Waals surface area contributed by atoms with Crippen LogP contribution in [0.2, 0.25) is 0 Å². The fraction of sp³-hybridized carbons (Fsp3) is 0.222. The van der Waals surface area contributed by atoms with E-state index in [0.29, 0.717) is 12.0 Å². The van der Waals surface area contributed by atoms with Crippen molar-refractivity contribution < 1.29 is 13.9 Å². The summed E-state index contributed by atoms with van der Waals surface area (Å²) in [6.45, 7) is 2.08. The Hall–Kier alpha value is -1.38. The molecule has 0 heterocycles. The van der Waals surface area contributed by atoms with Gasteiger partial charge in [0.05, 0.1) is 0 Å². The molecule has 0 amide bonds. The quantitative estimate of drug-likeness (QED) is 0.643. The fourth-order valence-electron chi connectivity index (χ4n) is 0.967. The van der Waals surface area contributed by atoms with E-state index in [1.807, 2.05) is 0 Å². The molecule has 0 unspecified atom stereocenters. The van der Waals surface area contributed by atoms with Crippen molar-refractivity contribution in [2.45, 2.75) is 13.5 Å². The first kappa shape index (κ1) is 8.71. The van der Waals surface area contributed by atoms with E-state index in [4.69, 9.17) is 0 Å². The topological polar surface area (TPSA) is 26.3 Å². The van der Waals surface area contributed by atoms with Crippen LogP contribution in [0.15, 0.2) is 18.2 Å². The van der Waals surface area contributed by atoms with Crippen LogP contribution in [0.5, 0.6) is 0 Å². The second kappa shape index (κ2) is 3.85. The Morgan fingerprint density at radius 3 is 2.92 bits per heavy atom. The van der Waals surface area contributed by atoms with Gasteiger partial charge >= 0.3 is 0 Å². The number of carbonyl (C=O) groups is 1. The Bertz CT molecular complexity index is 264. The molecule has 0 spiro atoms. The molecule has 64 valence electrons. The van der Waals surface area contributed by atoms with Crippen LogP contribution >= 0.6 is 0 Å². The van der Waals surface area contributed by atoms with Crippen molar-refractivity contribution in [3.05, 3.63) is 35.1 Å². The molecule has 0 fully saturated rings. The number of hydrogen-bond donors (Lipinski definition) is 0. The molecule has 0 saturated carbocycles. The van der Waals surface area contributed by atoms with Gasteiger partial charge in [-0.15, -0.1) is 0 Å². The van der Waals surface area contributed by atoms with Crippen molar-refractivity contribution in [2.24, 2.45) is 0 Å². The van der Waals surface area contributed by atoms with E-state index >= 15 is 0 Å². The lowest BCUT2D eigenvalue weighted by Crippen LogP contribution is -1.97. The highest BCUT2D eigenvalue weighted by atomic mass is 19.1. The summed E-state index contributed by atoms with van der Waals surface area (Å²) in [6, 6.07) is 4.73. The lowest BCUT2D eigenvalue weighted by Gasteiger charge is -2.04. The molecule has 0 bridgehead atoms. The van der Waals surface area contributed by atoms with Crippen molar-refractivity contribution >= 4 is 6.47 Å². The van der Waals surface area contributed by atoms with Gasteiger partial charge in [0.25, 0.3) is 6.47 Å². The van der Waals surface area contributed by atoms with E-state index < -0.39 is 0 Å². The van der Waals surface area contributed by atoms with Crippen molar-refractivity contribution in [1.82, 2.24) is 0 Å². The minimum Gasteiger partial charge on any atom is -0.463 e. The highest BCUT2D eigenvalue weighted by Gasteiger charge is 2.04. The lowest BCUT2D eigenvalue weighted by molar-refractivity contribution is -0.129. The summed E-state index contributed by atoms with van der Waals surface area (Å²) in [6.07, 6.45) is 0. The standard InChI is InChI=1S/C9H9FO2/c1-7-3-2-4-9(10)8(7)5-12-6-11/h2-4,6H,5H2,1H3. The molecule has 0 aliphatic heterocycles. The molecule has 0 aliphatic carbocycles. The predicted molar refractivity (Wildman–Crippen MR) is 42.0 cm³/mol. The minimum absolute atomic E-state index is 0.00199. The molecule has 1 aromatic carbocycles. The van der Waals surface area contributed by atoms with Crippen LogP contribution in [-0.4, -0.2) is 6.47 Å². The Morgan fingerprint density at radius 1 is 1.58 bits per heavy atom. The van der Waals surface area contributed by atoms with Gasteiger partial charge in [0, 0.05) is 5.56 Å². The lowest BCUT2D eigenvalue weighted by atomic mass is 10.1. The van der Waals surface area contributed by atoms with Crippen LogP contribution in [-0.2, 0) is 16.1 Å². The first-order chi connectivity index (χ1) is 5.75. The summed E-state index contributed by atoms with van der Waals surface area (Å²) in [4.78, 5) is 9.86. The van der Waals surface area contributed by atoms with Crippen molar-refractivity contribution in [3.63, 3.8) is 0 Å². The van der Waals surface area contributed by atoms with Gasteiger partial charge in [-0.2, -0.15) is 0 Å². The third-order valence-corrected chi connectivity index (χ3v) is 1.65. The van der Waals surface area contributed by atoms with Gasteiger partial charge in [0.2, 0.25) is 0 Å². The predicted octanol–water partition coefficient (Wildman–Crippen LogP) is 1.81. The van der Waals surface area contributed by atoms with Crippen LogP contribution in [0.25, 0.3) is 0 Å². The fourth-order valence-corrected chi connectivity index (χ4v) is 0.967. The first-order valence-electron chi connectivity index (χ1n) is 3.55. The number of benzene rings is 1. The number of rotatable bonds is 3. The maximum absolute atomic E-state index is 13.0. The highest BCUT2D eigenvalue weighted by molar-refractivity contribution is 5.38. The van der Waals surface area contributed by atoms with Gasteiger partial charge < -0.3 is 4.74 Å². The van der Waals surface area contributed by atoms with E-state index in [1.165, 1.54) is 6.07 Å². The molecular formula is C9H9FO2. The van der Waals surface area contributed by atoms with Gasteiger partial charge in [-0.25, -0.2) is 4.39 Å². The summed E-state index contributed by atoms with van der Waals surface area (Å²) in [7, 11) is 0. The Morgan fingerprint density at radius 2 is 2.33 bits per heavy atom. The number of hydrogen-bond acceptors (Lipinski definition) is 2. The zero-order valence-corrected chi connectivity index (χ0v) is 6.71. The molecule has 0 saturated heterocycles. The van der Waals surface area contributed by atoms with E-state index in [9.17, 15) is 9.18 Å². The average Bonchev–Trinajstić information content (AvgIpc) is 2.04. The summed E-state index contributed by atoms with van der Waals surface area (Å²) < 4.78 is 17.4. The highest BCUT2D eigenvalue weighted by Crippen LogP contribution is 2.12. The van der Waals surface area contributed by atoms with Crippen molar-refractivity contribution in [1.29, 1.82) is 0 Å². The third kappa shape index (κ3) is 1.81. The van der Waals surface area contributed by atoms with Crippen LogP contribution in [0, 0.1) is 12.7 Å². The molecule has 12 heavy (non-hydrogen) atoms.